The van der Waals surface area contributed by atoms with Crippen molar-refractivity contribution >= 4 is 34.2 Å². The normalized spacial score (nSPS) is 12.2. The van der Waals surface area contributed by atoms with Crippen molar-refractivity contribution in [1.82, 2.24) is 4.98 Å². The van der Waals surface area contributed by atoms with Crippen LogP contribution in [0.25, 0.3) is 0 Å². The summed E-state index contributed by atoms with van der Waals surface area (Å²) >= 11 is 3.31. The van der Waals surface area contributed by atoms with Crippen molar-refractivity contribution in [2.75, 3.05) is 30.6 Å². The monoisotopic (exact) mass is 288 g/mol. The van der Waals surface area contributed by atoms with Gasteiger partial charge in [0.05, 0.1) is 6.61 Å². The first-order valence-corrected chi connectivity index (χ1v) is 8.25. The zero-order valence-corrected chi connectivity index (χ0v) is 12.9. The van der Waals surface area contributed by atoms with E-state index < -0.39 is 0 Å². The van der Waals surface area contributed by atoms with Crippen LogP contribution >= 0.6 is 23.1 Å². The Morgan fingerprint density at radius 2 is 2.33 bits per heavy atom. The smallest absolute Gasteiger partial charge is 0.357 e. The molecule has 0 radical (unpaired) electrons. The molecule has 0 amide bonds. The highest BCUT2D eigenvalue weighted by Gasteiger charge is 2.18. The summed E-state index contributed by atoms with van der Waals surface area (Å²) in [6.07, 6.45) is 3.16. The van der Waals surface area contributed by atoms with Crippen LogP contribution in [-0.4, -0.2) is 42.7 Å². The fraction of sp³-hybridized carbons (Fsp3) is 0.667. The number of hydrogen-bond acceptors (Lipinski definition) is 6. The number of hydrogen-bond donors (Lipinski definition) is 0. The van der Waals surface area contributed by atoms with Crippen LogP contribution in [0.2, 0.25) is 0 Å². The van der Waals surface area contributed by atoms with Crippen molar-refractivity contribution in [3.63, 3.8) is 0 Å². The van der Waals surface area contributed by atoms with Crippen LogP contribution < -0.4 is 4.90 Å². The van der Waals surface area contributed by atoms with Gasteiger partial charge in [0, 0.05) is 24.2 Å². The van der Waals surface area contributed by atoms with Gasteiger partial charge in [-0.25, -0.2) is 9.78 Å². The molecule has 0 fully saturated rings. The third-order valence-corrected chi connectivity index (χ3v) is 4.31. The molecule has 18 heavy (non-hydrogen) atoms. The fourth-order valence-electron chi connectivity index (χ4n) is 1.58. The lowest BCUT2D eigenvalue weighted by atomic mass is 10.2. The highest BCUT2D eigenvalue weighted by molar-refractivity contribution is 7.98. The Hall–Kier alpha value is -0.750. The molecule has 102 valence electrons. The van der Waals surface area contributed by atoms with Gasteiger partial charge in [-0.15, -0.1) is 11.3 Å². The van der Waals surface area contributed by atoms with Crippen molar-refractivity contribution in [2.24, 2.45) is 0 Å². The molecule has 1 heterocycles. The minimum absolute atomic E-state index is 0.341. The van der Waals surface area contributed by atoms with Crippen molar-refractivity contribution in [1.29, 1.82) is 0 Å². The Bertz CT molecular complexity index is 382. The number of carbonyl (C=O) groups excluding carboxylic acids is 1. The van der Waals surface area contributed by atoms with E-state index in [4.69, 9.17) is 4.74 Å². The van der Waals surface area contributed by atoms with Gasteiger partial charge in [-0.3, -0.25) is 0 Å². The van der Waals surface area contributed by atoms with Crippen molar-refractivity contribution < 1.29 is 9.53 Å². The Kier molecular flexibility index (Phi) is 6.49. The van der Waals surface area contributed by atoms with Gasteiger partial charge in [0.15, 0.2) is 10.8 Å². The predicted octanol–water partition coefficient (Wildman–Crippen LogP) is 2.90. The molecule has 0 spiro atoms. The number of esters is 1. The first-order chi connectivity index (χ1) is 8.63. The summed E-state index contributed by atoms with van der Waals surface area (Å²) in [5.41, 5.74) is 0.405. The molecule has 1 unspecified atom stereocenters. The van der Waals surface area contributed by atoms with Gasteiger partial charge in [-0.2, -0.15) is 11.8 Å². The second kappa shape index (κ2) is 7.63. The minimum Gasteiger partial charge on any atom is -0.461 e. The number of aromatic nitrogens is 1. The molecule has 0 aliphatic carbocycles. The van der Waals surface area contributed by atoms with E-state index in [1.54, 1.807) is 12.3 Å². The predicted molar refractivity (Wildman–Crippen MR) is 78.9 cm³/mol. The number of thioether (sulfide) groups is 1. The van der Waals surface area contributed by atoms with Crippen LogP contribution in [0.1, 0.15) is 30.8 Å². The van der Waals surface area contributed by atoms with E-state index in [1.807, 2.05) is 18.8 Å². The molecule has 6 heteroatoms. The largest absolute Gasteiger partial charge is 0.461 e. The Morgan fingerprint density at radius 3 is 2.89 bits per heavy atom. The van der Waals surface area contributed by atoms with Gasteiger partial charge < -0.3 is 9.64 Å². The van der Waals surface area contributed by atoms with Crippen molar-refractivity contribution in [3.8, 4) is 0 Å². The van der Waals surface area contributed by atoms with Gasteiger partial charge in [0.2, 0.25) is 0 Å². The Labute approximate surface area is 117 Å². The van der Waals surface area contributed by atoms with Crippen LogP contribution in [0.15, 0.2) is 5.38 Å². The highest BCUT2D eigenvalue weighted by atomic mass is 32.2. The third-order valence-electron chi connectivity index (χ3n) is 2.66. The topological polar surface area (TPSA) is 42.4 Å². The van der Waals surface area contributed by atoms with Gasteiger partial charge in [-0.05, 0) is 19.6 Å². The molecule has 4 nitrogen and oxygen atoms in total. The number of nitrogens with zero attached hydrogens (tertiary/aromatic N) is 2. The molecule has 1 aromatic rings. The second-order valence-corrected chi connectivity index (χ2v) is 5.61. The van der Waals surface area contributed by atoms with E-state index in [0.717, 1.165) is 17.3 Å². The second-order valence-electron chi connectivity index (χ2n) is 3.86. The summed E-state index contributed by atoms with van der Waals surface area (Å²) in [6, 6.07) is 0.446. The summed E-state index contributed by atoms with van der Waals surface area (Å²) in [5, 5.41) is 2.63. The maximum atomic E-state index is 11.5. The zero-order valence-electron chi connectivity index (χ0n) is 11.3. The molecule has 0 aromatic carbocycles. The molecule has 1 rings (SSSR count). The quantitative estimate of drug-likeness (QED) is 0.722. The number of ether oxygens (including phenoxy) is 1. The van der Waals surface area contributed by atoms with Crippen LogP contribution in [-0.2, 0) is 4.74 Å². The van der Waals surface area contributed by atoms with Gasteiger partial charge in [0.25, 0.3) is 0 Å². The number of rotatable bonds is 7. The van der Waals surface area contributed by atoms with Crippen LogP contribution in [0, 0.1) is 0 Å². The van der Waals surface area contributed by atoms with Crippen molar-refractivity contribution in [3.05, 3.63) is 11.1 Å². The fourth-order valence-corrected chi connectivity index (χ4v) is 3.25. The summed E-state index contributed by atoms with van der Waals surface area (Å²) in [4.78, 5) is 18.0. The molecule has 0 aliphatic heterocycles. The van der Waals surface area contributed by atoms with E-state index >= 15 is 0 Å². The van der Waals surface area contributed by atoms with E-state index in [0.29, 0.717) is 18.3 Å². The van der Waals surface area contributed by atoms with Gasteiger partial charge in [-0.1, -0.05) is 6.92 Å². The Morgan fingerprint density at radius 1 is 1.61 bits per heavy atom. The standard InChI is InChI=1S/C12H20N2O2S2/c1-5-9(7-17-4)14(3)12-13-10(8-18-12)11(15)16-6-2/h8-9H,5-7H2,1-4H3. The van der Waals surface area contributed by atoms with E-state index in [1.165, 1.54) is 11.3 Å². The third kappa shape index (κ3) is 3.88. The van der Waals surface area contributed by atoms with Crippen LogP contribution in [0.4, 0.5) is 5.13 Å². The SMILES string of the molecule is CCOC(=O)c1csc(N(C)C(CC)CSC)n1. The highest BCUT2D eigenvalue weighted by Crippen LogP contribution is 2.23. The lowest BCUT2D eigenvalue weighted by molar-refractivity contribution is 0.0520. The first kappa shape index (κ1) is 15.3. The summed E-state index contributed by atoms with van der Waals surface area (Å²) in [7, 11) is 2.03. The summed E-state index contributed by atoms with van der Waals surface area (Å²) in [6.45, 7) is 4.34. The van der Waals surface area contributed by atoms with Crippen LogP contribution in [0.3, 0.4) is 0 Å². The average Bonchev–Trinajstić information content (AvgIpc) is 2.85. The molecular formula is C12H20N2O2S2. The molecule has 1 aromatic heterocycles. The number of anilines is 1. The molecule has 0 aliphatic rings. The number of carbonyl (C=O) groups is 1. The average molecular weight is 288 g/mol. The maximum absolute atomic E-state index is 11.5. The number of thiazole rings is 1. The molecular weight excluding hydrogens is 268 g/mol. The maximum Gasteiger partial charge on any atom is 0.357 e. The molecule has 0 bridgehead atoms. The zero-order chi connectivity index (χ0) is 13.5. The first-order valence-electron chi connectivity index (χ1n) is 5.98. The molecule has 0 saturated carbocycles. The lowest BCUT2D eigenvalue weighted by Crippen LogP contribution is -2.33. The minimum atomic E-state index is -0.341. The summed E-state index contributed by atoms with van der Waals surface area (Å²) in [5.74, 6) is 0.715. The molecule has 1 atom stereocenters. The summed E-state index contributed by atoms with van der Waals surface area (Å²) < 4.78 is 4.94. The van der Waals surface area contributed by atoms with E-state index in [2.05, 4.69) is 23.1 Å². The van der Waals surface area contributed by atoms with Crippen LogP contribution in [0.5, 0.6) is 0 Å². The lowest BCUT2D eigenvalue weighted by Gasteiger charge is -2.26. The Balaban J connectivity index is 2.74. The van der Waals surface area contributed by atoms with Crippen molar-refractivity contribution in [2.45, 2.75) is 26.3 Å². The van der Waals surface area contributed by atoms with E-state index in [-0.39, 0.29) is 5.97 Å². The molecule has 0 saturated heterocycles. The van der Waals surface area contributed by atoms with Gasteiger partial charge >= 0.3 is 5.97 Å². The van der Waals surface area contributed by atoms with Gasteiger partial charge in [0.1, 0.15) is 0 Å². The van der Waals surface area contributed by atoms with E-state index in [9.17, 15) is 4.79 Å². The molecule has 0 N–H and O–H groups in total.